The molecule has 4 nitrogen and oxygen atoms in total. The average Bonchev–Trinajstić information content (AvgIpc) is 3.32. The zero-order chi connectivity index (χ0) is 18.6. The molecule has 3 aromatic rings. The highest BCUT2D eigenvalue weighted by Crippen LogP contribution is 2.30. The number of aromatic nitrogens is 2. The van der Waals surface area contributed by atoms with Crippen LogP contribution in [0.1, 0.15) is 48.7 Å². The molecule has 0 N–H and O–H groups in total. The Labute approximate surface area is 161 Å². The lowest BCUT2D eigenvalue weighted by molar-refractivity contribution is 0.102. The van der Waals surface area contributed by atoms with Crippen LogP contribution in [0.4, 0.5) is 0 Å². The quantitative estimate of drug-likeness (QED) is 0.529. The molecule has 0 amide bonds. The van der Waals surface area contributed by atoms with Gasteiger partial charge in [0.2, 0.25) is 0 Å². The SMILES string of the molecule is Cc1ccc(C)c(OCCCCn2c(C3CCCO3)nc3ccccc32)c1. The van der Waals surface area contributed by atoms with Gasteiger partial charge in [0, 0.05) is 13.2 Å². The maximum atomic E-state index is 6.00. The third-order valence-electron chi connectivity index (χ3n) is 5.28. The van der Waals surface area contributed by atoms with Crippen molar-refractivity contribution >= 4 is 11.0 Å². The van der Waals surface area contributed by atoms with E-state index in [2.05, 4.69) is 60.9 Å². The van der Waals surface area contributed by atoms with Crippen LogP contribution in [0.25, 0.3) is 11.0 Å². The summed E-state index contributed by atoms with van der Waals surface area (Å²) in [5.41, 5.74) is 4.71. The number of unbranched alkanes of at least 4 members (excludes halogenated alkanes) is 1. The third kappa shape index (κ3) is 4.01. The van der Waals surface area contributed by atoms with E-state index in [1.807, 2.05) is 0 Å². The fourth-order valence-corrected chi connectivity index (χ4v) is 3.77. The monoisotopic (exact) mass is 364 g/mol. The van der Waals surface area contributed by atoms with Crippen LogP contribution in [0.2, 0.25) is 0 Å². The van der Waals surface area contributed by atoms with Crippen molar-refractivity contribution in [3.63, 3.8) is 0 Å². The first-order valence-corrected chi connectivity index (χ1v) is 9.99. The van der Waals surface area contributed by atoms with Gasteiger partial charge in [0.1, 0.15) is 17.7 Å². The number of aryl methyl sites for hydroxylation is 3. The summed E-state index contributed by atoms with van der Waals surface area (Å²) in [5, 5.41) is 0. The molecule has 1 atom stereocenters. The van der Waals surface area contributed by atoms with Gasteiger partial charge in [0.05, 0.1) is 17.6 Å². The topological polar surface area (TPSA) is 36.3 Å². The molecule has 27 heavy (non-hydrogen) atoms. The fourth-order valence-electron chi connectivity index (χ4n) is 3.77. The summed E-state index contributed by atoms with van der Waals surface area (Å²) in [4.78, 5) is 4.87. The second-order valence-corrected chi connectivity index (χ2v) is 7.44. The second-order valence-electron chi connectivity index (χ2n) is 7.44. The van der Waals surface area contributed by atoms with E-state index >= 15 is 0 Å². The van der Waals surface area contributed by atoms with Crippen LogP contribution in [0.15, 0.2) is 42.5 Å². The van der Waals surface area contributed by atoms with Gasteiger partial charge < -0.3 is 14.0 Å². The Balaban J connectivity index is 1.40. The molecule has 1 saturated heterocycles. The van der Waals surface area contributed by atoms with Gasteiger partial charge >= 0.3 is 0 Å². The molecule has 1 aromatic heterocycles. The first kappa shape index (κ1) is 18.1. The summed E-state index contributed by atoms with van der Waals surface area (Å²) in [7, 11) is 0. The molecule has 4 rings (SSSR count). The number of imidazole rings is 1. The van der Waals surface area contributed by atoms with Crippen molar-refractivity contribution in [3.8, 4) is 5.75 Å². The highest BCUT2D eigenvalue weighted by atomic mass is 16.5. The fraction of sp³-hybridized carbons (Fsp3) is 0.435. The number of ether oxygens (including phenoxy) is 2. The Morgan fingerprint density at radius 1 is 1.15 bits per heavy atom. The van der Waals surface area contributed by atoms with Gasteiger partial charge in [-0.3, -0.25) is 0 Å². The number of nitrogens with zero attached hydrogens (tertiary/aromatic N) is 2. The molecule has 1 unspecified atom stereocenters. The maximum absolute atomic E-state index is 6.00. The number of hydrogen-bond donors (Lipinski definition) is 0. The Bertz CT molecular complexity index is 910. The normalized spacial score (nSPS) is 16.9. The van der Waals surface area contributed by atoms with Crippen molar-refractivity contribution in [2.75, 3.05) is 13.2 Å². The highest BCUT2D eigenvalue weighted by molar-refractivity contribution is 5.76. The zero-order valence-corrected chi connectivity index (χ0v) is 16.3. The number of rotatable bonds is 7. The van der Waals surface area contributed by atoms with Crippen LogP contribution in [0.5, 0.6) is 5.75 Å². The van der Waals surface area contributed by atoms with Crippen molar-refractivity contribution in [1.82, 2.24) is 9.55 Å². The lowest BCUT2D eigenvalue weighted by atomic mass is 10.1. The summed E-state index contributed by atoms with van der Waals surface area (Å²) in [6.07, 6.45) is 4.41. The summed E-state index contributed by atoms with van der Waals surface area (Å²) < 4.78 is 14.3. The van der Waals surface area contributed by atoms with Gasteiger partial charge in [-0.15, -0.1) is 0 Å². The minimum Gasteiger partial charge on any atom is -0.493 e. The van der Waals surface area contributed by atoms with Crippen LogP contribution in [0, 0.1) is 13.8 Å². The predicted molar refractivity (Wildman–Crippen MR) is 108 cm³/mol. The van der Waals surface area contributed by atoms with Crippen molar-refractivity contribution in [3.05, 3.63) is 59.4 Å². The first-order chi connectivity index (χ1) is 13.2. The van der Waals surface area contributed by atoms with E-state index in [-0.39, 0.29) is 6.10 Å². The molecule has 2 aromatic carbocycles. The Hall–Kier alpha value is -2.33. The van der Waals surface area contributed by atoms with Crippen molar-refractivity contribution in [2.24, 2.45) is 0 Å². The van der Waals surface area contributed by atoms with Crippen molar-refractivity contribution in [2.45, 2.75) is 52.2 Å². The van der Waals surface area contributed by atoms with Crippen LogP contribution in [-0.2, 0) is 11.3 Å². The molecule has 142 valence electrons. The highest BCUT2D eigenvalue weighted by Gasteiger charge is 2.24. The number of fused-ring (bicyclic) bond motifs is 1. The van der Waals surface area contributed by atoms with E-state index in [1.165, 1.54) is 16.6 Å². The Kier molecular flexibility index (Phi) is 5.44. The van der Waals surface area contributed by atoms with Crippen molar-refractivity contribution in [1.29, 1.82) is 0 Å². The van der Waals surface area contributed by atoms with E-state index in [0.717, 1.165) is 62.5 Å². The maximum Gasteiger partial charge on any atom is 0.139 e. The molecule has 0 radical (unpaired) electrons. The van der Waals surface area contributed by atoms with Gasteiger partial charge in [-0.25, -0.2) is 4.98 Å². The molecule has 0 aliphatic carbocycles. The second kappa shape index (κ2) is 8.13. The minimum atomic E-state index is 0.142. The van der Waals surface area contributed by atoms with E-state index in [9.17, 15) is 0 Å². The summed E-state index contributed by atoms with van der Waals surface area (Å²) >= 11 is 0. The van der Waals surface area contributed by atoms with E-state index in [1.54, 1.807) is 0 Å². The minimum absolute atomic E-state index is 0.142. The van der Waals surface area contributed by atoms with Gasteiger partial charge in [-0.2, -0.15) is 0 Å². The van der Waals surface area contributed by atoms with Crippen LogP contribution < -0.4 is 4.74 Å². The van der Waals surface area contributed by atoms with Crippen LogP contribution in [0.3, 0.4) is 0 Å². The molecule has 0 spiro atoms. The average molecular weight is 364 g/mol. The Morgan fingerprint density at radius 3 is 2.89 bits per heavy atom. The van der Waals surface area contributed by atoms with Gasteiger partial charge in [0.25, 0.3) is 0 Å². The molecule has 1 aliphatic heterocycles. The van der Waals surface area contributed by atoms with Gasteiger partial charge in [-0.1, -0.05) is 24.3 Å². The smallest absolute Gasteiger partial charge is 0.139 e. The summed E-state index contributed by atoms with van der Waals surface area (Å²) in [6, 6.07) is 14.8. The predicted octanol–water partition coefficient (Wildman–Crippen LogP) is 5.36. The molecule has 4 heteroatoms. The van der Waals surface area contributed by atoms with Gasteiger partial charge in [-0.05, 0) is 68.9 Å². The molecule has 2 heterocycles. The first-order valence-electron chi connectivity index (χ1n) is 9.99. The molecular weight excluding hydrogens is 336 g/mol. The molecule has 0 saturated carbocycles. The largest absolute Gasteiger partial charge is 0.493 e. The molecule has 1 aliphatic rings. The van der Waals surface area contributed by atoms with E-state index < -0.39 is 0 Å². The Morgan fingerprint density at radius 2 is 2.04 bits per heavy atom. The van der Waals surface area contributed by atoms with Crippen LogP contribution >= 0.6 is 0 Å². The lowest BCUT2D eigenvalue weighted by Crippen LogP contribution is -2.10. The van der Waals surface area contributed by atoms with Crippen molar-refractivity contribution < 1.29 is 9.47 Å². The standard InChI is InChI=1S/C23H28N2O2/c1-17-11-12-18(2)22(16-17)27-14-6-5-13-25-20-9-4-3-8-19(20)24-23(25)21-10-7-15-26-21/h3-4,8-9,11-12,16,21H,5-7,10,13-15H2,1-2H3. The number of para-hydroxylation sites is 2. The van der Waals surface area contributed by atoms with E-state index in [4.69, 9.17) is 14.5 Å². The summed E-state index contributed by atoms with van der Waals surface area (Å²) in [6.45, 7) is 6.74. The molecular formula is C23H28N2O2. The zero-order valence-electron chi connectivity index (χ0n) is 16.3. The molecule has 1 fully saturated rings. The third-order valence-corrected chi connectivity index (χ3v) is 5.28. The summed E-state index contributed by atoms with van der Waals surface area (Å²) in [5.74, 6) is 2.09. The number of benzene rings is 2. The van der Waals surface area contributed by atoms with Gasteiger partial charge in [0.15, 0.2) is 0 Å². The lowest BCUT2D eigenvalue weighted by Gasteiger charge is -2.14. The molecule has 0 bridgehead atoms. The van der Waals surface area contributed by atoms with E-state index in [0.29, 0.717) is 0 Å². The van der Waals surface area contributed by atoms with Crippen LogP contribution in [-0.4, -0.2) is 22.8 Å². The number of hydrogen-bond acceptors (Lipinski definition) is 3.